The minimum absolute atomic E-state index is 0.0853. The van der Waals surface area contributed by atoms with Crippen LogP contribution in [0.3, 0.4) is 0 Å². The molecule has 2 nitrogen and oxygen atoms in total. The molecule has 0 radical (unpaired) electrons. The topological polar surface area (TPSA) is 26.3 Å². The van der Waals surface area contributed by atoms with Crippen LogP contribution in [0.25, 0.3) is 0 Å². The molecule has 0 bridgehead atoms. The Kier molecular flexibility index (Phi) is 4.58. The lowest BCUT2D eigenvalue weighted by Crippen LogP contribution is -2.01. The average Bonchev–Trinajstić information content (AvgIpc) is 2.40. The highest BCUT2D eigenvalue weighted by atomic mass is 127. The first-order chi connectivity index (χ1) is 9.08. The first-order valence-corrected chi connectivity index (χ1v) is 7.13. The summed E-state index contributed by atoms with van der Waals surface area (Å²) in [6, 6.07) is 13.9. The average molecular weight is 366 g/mol. The number of ether oxygens (including phenoxy) is 1. The molecular weight excluding hydrogens is 351 g/mol. The molecule has 2 aromatic rings. The van der Waals surface area contributed by atoms with E-state index in [-0.39, 0.29) is 5.78 Å². The van der Waals surface area contributed by atoms with E-state index in [2.05, 4.69) is 22.6 Å². The van der Waals surface area contributed by atoms with Crippen LogP contribution in [0.5, 0.6) is 5.75 Å². The fourth-order valence-corrected chi connectivity index (χ4v) is 2.64. The lowest BCUT2D eigenvalue weighted by Gasteiger charge is -2.11. The van der Waals surface area contributed by atoms with Gasteiger partial charge in [0.1, 0.15) is 12.4 Å². The predicted octanol–water partition coefficient (Wildman–Crippen LogP) is 4.38. The molecule has 0 unspecified atom stereocenters. The van der Waals surface area contributed by atoms with E-state index >= 15 is 0 Å². The smallest absolute Gasteiger partial charge is 0.160 e. The van der Waals surface area contributed by atoms with Crippen LogP contribution in [0.4, 0.5) is 0 Å². The minimum Gasteiger partial charge on any atom is -0.489 e. The number of Topliss-reactive ketones (excluding diaryl/α,β-unsaturated/α-hetero) is 1. The van der Waals surface area contributed by atoms with Crippen LogP contribution in [-0.4, -0.2) is 5.78 Å². The molecule has 0 amide bonds. The summed E-state index contributed by atoms with van der Waals surface area (Å²) >= 11 is 2.17. The van der Waals surface area contributed by atoms with Crippen molar-refractivity contribution in [3.8, 4) is 5.75 Å². The van der Waals surface area contributed by atoms with Crippen molar-refractivity contribution in [3.05, 3.63) is 62.7 Å². The van der Waals surface area contributed by atoms with Crippen molar-refractivity contribution in [3.63, 3.8) is 0 Å². The van der Waals surface area contributed by atoms with Crippen LogP contribution in [-0.2, 0) is 6.61 Å². The SMILES string of the molecule is CC(=O)c1cc(C)c(OCc2ccccc2)cc1I. The molecule has 0 spiro atoms. The summed E-state index contributed by atoms with van der Waals surface area (Å²) in [5, 5.41) is 0. The van der Waals surface area contributed by atoms with Gasteiger partial charge in [0.05, 0.1) is 0 Å². The van der Waals surface area contributed by atoms with Crippen LogP contribution in [0.15, 0.2) is 42.5 Å². The molecule has 0 fully saturated rings. The zero-order valence-electron chi connectivity index (χ0n) is 10.9. The van der Waals surface area contributed by atoms with E-state index in [9.17, 15) is 4.79 Å². The summed E-state index contributed by atoms with van der Waals surface area (Å²) in [4.78, 5) is 11.5. The fraction of sp³-hybridized carbons (Fsp3) is 0.188. The number of halogens is 1. The van der Waals surface area contributed by atoms with Crippen molar-refractivity contribution in [1.29, 1.82) is 0 Å². The number of aryl methyl sites for hydroxylation is 1. The molecule has 2 aromatic carbocycles. The molecule has 0 aromatic heterocycles. The zero-order valence-corrected chi connectivity index (χ0v) is 13.1. The first kappa shape index (κ1) is 14.1. The highest BCUT2D eigenvalue weighted by molar-refractivity contribution is 14.1. The van der Waals surface area contributed by atoms with Crippen molar-refractivity contribution in [2.75, 3.05) is 0 Å². The predicted molar refractivity (Wildman–Crippen MR) is 84.7 cm³/mol. The lowest BCUT2D eigenvalue weighted by molar-refractivity contribution is 0.101. The van der Waals surface area contributed by atoms with E-state index in [0.29, 0.717) is 6.61 Å². The Morgan fingerprint density at radius 3 is 2.53 bits per heavy atom. The Labute approximate surface area is 126 Å². The normalized spacial score (nSPS) is 10.3. The summed E-state index contributed by atoms with van der Waals surface area (Å²) in [6.45, 7) is 4.08. The molecule has 19 heavy (non-hydrogen) atoms. The molecule has 98 valence electrons. The van der Waals surface area contributed by atoms with E-state index in [4.69, 9.17) is 4.74 Å². The quantitative estimate of drug-likeness (QED) is 0.593. The van der Waals surface area contributed by atoms with Crippen LogP contribution in [0.2, 0.25) is 0 Å². The molecule has 2 rings (SSSR count). The van der Waals surface area contributed by atoms with Crippen molar-refractivity contribution in [1.82, 2.24) is 0 Å². The fourth-order valence-electron chi connectivity index (χ4n) is 1.82. The minimum atomic E-state index is 0.0853. The molecular formula is C16H15IO2. The maximum Gasteiger partial charge on any atom is 0.160 e. The second-order valence-electron chi connectivity index (χ2n) is 4.43. The van der Waals surface area contributed by atoms with Crippen LogP contribution >= 0.6 is 22.6 Å². The van der Waals surface area contributed by atoms with Crippen molar-refractivity contribution >= 4 is 28.4 Å². The zero-order chi connectivity index (χ0) is 13.8. The number of ketones is 1. The molecule has 0 heterocycles. The molecule has 0 saturated heterocycles. The third-order valence-corrected chi connectivity index (χ3v) is 3.77. The molecule has 0 atom stereocenters. The molecule has 0 aliphatic carbocycles. The van der Waals surface area contributed by atoms with Gasteiger partial charge in [0.2, 0.25) is 0 Å². The van der Waals surface area contributed by atoms with Gasteiger partial charge in [-0.15, -0.1) is 0 Å². The third-order valence-electron chi connectivity index (χ3n) is 2.88. The monoisotopic (exact) mass is 366 g/mol. The number of rotatable bonds is 4. The van der Waals surface area contributed by atoms with Crippen LogP contribution in [0, 0.1) is 10.5 Å². The Balaban J connectivity index is 2.17. The van der Waals surface area contributed by atoms with Crippen molar-refractivity contribution in [2.24, 2.45) is 0 Å². The number of hydrogen-bond donors (Lipinski definition) is 0. The molecule has 0 N–H and O–H groups in total. The summed E-state index contributed by atoms with van der Waals surface area (Å²) in [5.41, 5.74) is 2.87. The Morgan fingerprint density at radius 2 is 1.89 bits per heavy atom. The van der Waals surface area contributed by atoms with Gasteiger partial charge in [-0.3, -0.25) is 4.79 Å². The summed E-state index contributed by atoms with van der Waals surface area (Å²) in [6.07, 6.45) is 0. The molecule has 0 aliphatic rings. The van der Waals surface area contributed by atoms with Gasteiger partial charge >= 0.3 is 0 Å². The van der Waals surface area contributed by atoms with Gasteiger partial charge in [-0.25, -0.2) is 0 Å². The number of carbonyl (C=O) groups is 1. The highest BCUT2D eigenvalue weighted by Crippen LogP contribution is 2.25. The van der Waals surface area contributed by atoms with E-state index in [0.717, 1.165) is 26.0 Å². The van der Waals surface area contributed by atoms with Gasteiger partial charge in [0.25, 0.3) is 0 Å². The van der Waals surface area contributed by atoms with Gasteiger partial charge in [0, 0.05) is 9.13 Å². The lowest BCUT2D eigenvalue weighted by atomic mass is 10.1. The largest absolute Gasteiger partial charge is 0.489 e. The second-order valence-corrected chi connectivity index (χ2v) is 5.59. The van der Waals surface area contributed by atoms with Gasteiger partial charge < -0.3 is 4.74 Å². The summed E-state index contributed by atoms with van der Waals surface area (Å²) < 4.78 is 6.75. The van der Waals surface area contributed by atoms with E-state index < -0.39 is 0 Å². The van der Waals surface area contributed by atoms with Gasteiger partial charge in [-0.05, 0) is 59.7 Å². The number of carbonyl (C=O) groups excluding carboxylic acids is 1. The molecule has 0 saturated carbocycles. The Morgan fingerprint density at radius 1 is 1.21 bits per heavy atom. The Bertz CT molecular complexity index is 591. The first-order valence-electron chi connectivity index (χ1n) is 6.05. The summed E-state index contributed by atoms with van der Waals surface area (Å²) in [5.74, 6) is 0.917. The molecule has 3 heteroatoms. The Hall–Kier alpha value is -1.36. The number of hydrogen-bond acceptors (Lipinski definition) is 2. The molecule has 0 aliphatic heterocycles. The van der Waals surface area contributed by atoms with Crippen molar-refractivity contribution < 1.29 is 9.53 Å². The second kappa shape index (κ2) is 6.19. The van der Waals surface area contributed by atoms with Crippen LogP contribution < -0.4 is 4.74 Å². The van der Waals surface area contributed by atoms with Crippen LogP contribution in [0.1, 0.15) is 28.4 Å². The van der Waals surface area contributed by atoms with Crippen molar-refractivity contribution in [2.45, 2.75) is 20.5 Å². The van der Waals surface area contributed by atoms with Gasteiger partial charge in [0.15, 0.2) is 5.78 Å². The third kappa shape index (κ3) is 3.56. The van der Waals surface area contributed by atoms with Gasteiger partial charge in [-0.2, -0.15) is 0 Å². The maximum atomic E-state index is 11.5. The highest BCUT2D eigenvalue weighted by Gasteiger charge is 2.10. The van der Waals surface area contributed by atoms with E-state index in [1.54, 1.807) is 6.92 Å². The van der Waals surface area contributed by atoms with E-state index in [1.165, 1.54) is 0 Å². The standard InChI is InChI=1S/C16H15IO2/c1-11-8-14(12(2)18)15(17)9-16(11)19-10-13-6-4-3-5-7-13/h3-9H,10H2,1-2H3. The van der Waals surface area contributed by atoms with E-state index in [1.807, 2.05) is 49.4 Å². The maximum absolute atomic E-state index is 11.5. The number of benzene rings is 2. The van der Waals surface area contributed by atoms with Gasteiger partial charge in [-0.1, -0.05) is 30.3 Å². The summed E-state index contributed by atoms with van der Waals surface area (Å²) in [7, 11) is 0.